The van der Waals surface area contributed by atoms with Crippen molar-refractivity contribution < 1.29 is 47.0 Å². The third-order valence-electron chi connectivity index (χ3n) is 11.3. The Morgan fingerprint density at radius 1 is 1.05 bits per heavy atom. The van der Waals surface area contributed by atoms with Crippen LogP contribution in [0.2, 0.25) is 5.02 Å². The minimum absolute atomic E-state index is 0.00398. The maximum atomic E-state index is 14.3. The van der Waals surface area contributed by atoms with Crippen LogP contribution in [-0.4, -0.2) is 136 Å². The first kappa shape index (κ1) is 42.3. The summed E-state index contributed by atoms with van der Waals surface area (Å²) in [6, 6.07) is 8.99. The van der Waals surface area contributed by atoms with Crippen LogP contribution in [0.1, 0.15) is 51.6 Å². The Balaban J connectivity index is 0.978. The number of carbonyl (C=O) groups excluding carboxylic acids is 3. The van der Waals surface area contributed by atoms with Gasteiger partial charge in [0.2, 0.25) is 5.91 Å². The first-order valence-electron chi connectivity index (χ1n) is 19.3. The van der Waals surface area contributed by atoms with Gasteiger partial charge in [0.25, 0.3) is 11.8 Å². The van der Waals surface area contributed by atoms with Gasteiger partial charge < -0.3 is 45.1 Å². The van der Waals surface area contributed by atoms with E-state index in [-0.39, 0.29) is 83.1 Å². The first-order valence-corrected chi connectivity index (χ1v) is 19.7. The number of carbonyl (C=O) groups is 4. The van der Waals surface area contributed by atoms with Gasteiger partial charge in [-0.2, -0.15) is 18.3 Å². The molecule has 0 saturated carbocycles. The van der Waals surface area contributed by atoms with Gasteiger partial charge in [0.05, 0.1) is 65.3 Å². The smallest absolute Gasteiger partial charge is 0.435 e. The highest BCUT2D eigenvalue weighted by atomic mass is 35.5. The van der Waals surface area contributed by atoms with Gasteiger partial charge >= 0.3 is 12.1 Å². The molecule has 0 unspecified atom stereocenters. The number of alkyl halides is 3. The number of likely N-dealkylation sites (tertiary alicyclic amines) is 1. The number of piperazine rings is 1. The number of amides is 3. The highest BCUT2D eigenvalue weighted by molar-refractivity contribution is 6.34. The van der Waals surface area contributed by atoms with E-state index in [2.05, 4.69) is 25.4 Å². The van der Waals surface area contributed by atoms with Crippen molar-refractivity contribution in [3.63, 3.8) is 0 Å². The van der Waals surface area contributed by atoms with Crippen molar-refractivity contribution in [1.82, 2.24) is 39.1 Å². The van der Waals surface area contributed by atoms with Crippen LogP contribution in [0.5, 0.6) is 0 Å². The molecule has 0 radical (unpaired) electrons. The van der Waals surface area contributed by atoms with Gasteiger partial charge in [-0.05, 0) is 42.9 Å². The summed E-state index contributed by atoms with van der Waals surface area (Å²) in [5, 5.41) is 25.4. The molecule has 1 aromatic carbocycles. The summed E-state index contributed by atoms with van der Waals surface area (Å²) < 4.78 is 45.5. The fourth-order valence-corrected chi connectivity index (χ4v) is 8.34. The van der Waals surface area contributed by atoms with E-state index in [9.17, 15) is 42.6 Å². The minimum atomic E-state index is -4.87. The SMILES string of the molecule is Cn1c(-c2cn(-c3ccc4[nH]c(CO)cc4n3)nc2C(F)(F)F)cnc1C(=O)Nc1ccc(C(=O)N2CCN(C(=O)C3CC[N+](CCCN)(CC(=O)O)CC3)CC2)c(Cl)c1. The van der Waals surface area contributed by atoms with E-state index in [4.69, 9.17) is 17.3 Å². The van der Waals surface area contributed by atoms with Gasteiger partial charge in [-0.25, -0.2) is 19.4 Å². The number of carboxylic acids is 1. The molecule has 2 fully saturated rings. The van der Waals surface area contributed by atoms with Crippen molar-refractivity contribution in [2.75, 3.05) is 64.2 Å². The standard InChI is InChI=1S/C39H43ClF3N11O6/c1-50-31(27-20-53(49-34(27)39(41,42)43)32-6-5-29-30(48-32)18-25(22-55)46-29)19-45-35(50)36(58)47-24-3-4-26(28(40)17-24)38(60)52-12-10-51(11-13-52)37(59)23-7-15-54(16-8-23,14-2-9-44)21-33(56)57/h3-6,17-20,23,55H,2,7-16,21-22,44H2,1H3,(H2-,46,47,48,56,57,58,60)/p+1. The van der Waals surface area contributed by atoms with Gasteiger partial charge in [0, 0.05) is 76.0 Å². The number of nitrogens with one attached hydrogen (secondary N) is 2. The van der Waals surface area contributed by atoms with Gasteiger partial charge in [0.15, 0.2) is 23.9 Å². The number of hydrogen-bond donors (Lipinski definition) is 5. The Bertz CT molecular complexity index is 2430. The van der Waals surface area contributed by atoms with Crippen LogP contribution in [0.4, 0.5) is 18.9 Å². The molecule has 17 nitrogen and oxygen atoms in total. The van der Waals surface area contributed by atoms with Crippen molar-refractivity contribution in [3.05, 3.63) is 76.6 Å². The van der Waals surface area contributed by atoms with Gasteiger partial charge in [0.1, 0.15) is 0 Å². The molecule has 0 spiro atoms. The third kappa shape index (κ3) is 8.72. The molecule has 21 heteroatoms. The van der Waals surface area contributed by atoms with Crippen molar-refractivity contribution in [2.24, 2.45) is 18.7 Å². The van der Waals surface area contributed by atoms with Crippen LogP contribution in [0.15, 0.2) is 48.8 Å². The van der Waals surface area contributed by atoms with Gasteiger partial charge in [-0.1, -0.05) is 11.6 Å². The highest BCUT2D eigenvalue weighted by Crippen LogP contribution is 2.37. The van der Waals surface area contributed by atoms with Gasteiger partial charge in [-0.3, -0.25) is 14.4 Å². The summed E-state index contributed by atoms with van der Waals surface area (Å²) in [6.45, 7) is 3.28. The van der Waals surface area contributed by atoms with Crippen LogP contribution in [0, 0.1) is 5.92 Å². The number of halogens is 4. The topological polar surface area (TPSA) is 218 Å². The molecule has 7 rings (SSSR count). The number of rotatable bonds is 12. The number of aliphatic hydroxyl groups is 1. The number of hydrogen-bond acceptors (Lipinski definition) is 9. The summed E-state index contributed by atoms with van der Waals surface area (Å²) >= 11 is 6.55. The maximum Gasteiger partial charge on any atom is 0.435 e. The average Bonchev–Trinajstić information content (AvgIpc) is 3.96. The van der Waals surface area contributed by atoms with Crippen molar-refractivity contribution in [3.8, 4) is 17.1 Å². The molecule has 60 heavy (non-hydrogen) atoms. The summed E-state index contributed by atoms with van der Waals surface area (Å²) in [5.74, 6) is -2.30. The van der Waals surface area contributed by atoms with Crippen LogP contribution >= 0.6 is 11.6 Å². The molecule has 6 N–H and O–H groups in total. The van der Waals surface area contributed by atoms with Crippen molar-refractivity contribution >= 4 is 52.0 Å². The van der Waals surface area contributed by atoms with Gasteiger partial charge in [-0.15, -0.1) is 0 Å². The molecule has 2 aliphatic heterocycles. The number of aliphatic hydroxyl groups excluding tert-OH is 1. The lowest BCUT2D eigenvalue weighted by Crippen LogP contribution is -2.58. The molecule has 318 valence electrons. The molecule has 5 aromatic rings. The summed E-state index contributed by atoms with van der Waals surface area (Å²) in [6.07, 6.45) is -0.702. The fraction of sp³-hybridized carbons (Fsp3) is 0.410. The first-order chi connectivity index (χ1) is 28.6. The Morgan fingerprint density at radius 3 is 2.42 bits per heavy atom. The van der Waals surface area contributed by atoms with Crippen molar-refractivity contribution in [1.29, 1.82) is 0 Å². The number of nitrogens with two attached hydrogens (primary N) is 1. The lowest BCUT2D eigenvalue weighted by Gasteiger charge is -2.44. The number of aromatic amines is 1. The van der Waals surface area contributed by atoms with Crippen LogP contribution in [0.3, 0.4) is 0 Å². The number of benzene rings is 1. The van der Waals surface area contributed by atoms with E-state index < -0.39 is 23.7 Å². The number of H-pyrrole nitrogens is 1. The van der Waals surface area contributed by atoms with E-state index in [0.717, 1.165) is 17.1 Å². The summed E-state index contributed by atoms with van der Waals surface area (Å²) in [5.41, 5.74) is 5.97. The summed E-state index contributed by atoms with van der Waals surface area (Å²) in [7, 11) is 1.39. The monoisotopic (exact) mass is 854 g/mol. The molecule has 3 amide bonds. The van der Waals surface area contributed by atoms with Crippen LogP contribution in [-0.2, 0) is 29.4 Å². The Morgan fingerprint density at radius 2 is 1.77 bits per heavy atom. The third-order valence-corrected chi connectivity index (χ3v) is 11.6. The molecule has 0 aliphatic carbocycles. The number of aromatic nitrogens is 6. The molecule has 2 aliphatic rings. The molecule has 0 atom stereocenters. The quantitative estimate of drug-likeness (QED) is 0.115. The van der Waals surface area contributed by atoms with Crippen LogP contribution < -0.4 is 11.1 Å². The van der Waals surface area contributed by atoms with E-state index in [1.165, 1.54) is 35.9 Å². The zero-order valence-electron chi connectivity index (χ0n) is 32.6. The van der Waals surface area contributed by atoms with Crippen LogP contribution in [0.25, 0.3) is 28.1 Å². The lowest BCUT2D eigenvalue weighted by molar-refractivity contribution is -0.926. The average molecular weight is 855 g/mol. The predicted molar refractivity (Wildman–Crippen MR) is 212 cm³/mol. The molecule has 2 saturated heterocycles. The van der Waals surface area contributed by atoms with E-state index in [1.54, 1.807) is 21.9 Å². The zero-order valence-corrected chi connectivity index (χ0v) is 33.3. The second-order valence-corrected chi connectivity index (χ2v) is 15.6. The normalized spacial score (nSPS) is 18.6. The van der Waals surface area contributed by atoms with E-state index in [1.807, 2.05) is 0 Å². The predicted octanol–water partition coefficient (Wildman–Crippen LogP) is 3.51. The number of aliphatic carboxylic acids is 1. The Kier molecular flexibility index (Phi) is 12.0. The Labute approximate surface area is 346 Å². The number of carboxylic acid groups (broad SMARTS) is 1. The lowest BCUT2D eigenvalue weighted by atomic mass is 9.92. The van der Waals surface area contributed by atoms with Crippen molar-refractivity contribution in [2.45, 2.75) is 32.0 Å². The number of fused-ring (bicyclic) bond motifs is 1. The molecule has 0 bridgehead atoms. The summed E-state index contributed by atoms with van der Waals surface area (Å²) in [4.78, 5) is 66.7. The zero-order chi connectivity index (χ0) is 42.9. The molecule has 6 heterocycles. The minimum Gasteiger partial charge on any atom is -0.477 e. The fourth-order valence-electron chi connectivity index (χ4n) is 8.07. The number of nitrogens with zero attached hydrogens (tertiary/aromatic N) is 8. The number of quaternary nitrogens is 1. The molecular weight excluding hydrogens is 811 g/mol. The number of piperidine rings is 1. The second-order valence-electron chi connectivity index (χ2n) is 15.2. The van der Waals surface area contributed by atoms with E-state index >= 15 is 0 Å². The Hall–Kier alpha value is -5.83. The largest absolute Gasteiger partial charge is 0.477 e. The number of pyridine rings is 1. The highest BCUT2D eigenvalue weighted by Gasteiger charge is 2.41. The maximum absolute atomic E-state index is 14.3. The molecular formula is C39H44ClF3N11O6+. The number of imidazole rings is 1. The second kappa shape index (κ2) is 17.0. The number of anilines is 1. The molecule has 4 aromatic heterocycles. The van der Waals surface area contributed by atoms with E-state index in [0.29, 0.717) is 79.7 Å².